The van der Waals surface area contributed by atoms with Crippen molar-refractivity contribution in [3.05, 3.63) is 36.1 Å². The topological polar surface area (TPSA) is 18.5 Å². The summed E-state index contributed by atoms with van der Waals surface area (Å²) >= 11 is 0. The first-order chi connectivity index (χ1) is 5.47. The summed E-state index contributed by atoms with van der Waals surface area (Å²) in [5.74, 6) is 0.918. The van der Waals surface area contributed by atoms with E-state index in [4.69, 9.17) is 9.47 Å². The molecule has 0 aromatic rings. The van der Waals surface area contributed by atoms with Gasteiger partial charge in [0, 0.05) is 0 Å². The van der Waals surface area contributed by atoms with Crippen molar-refractivity contribution in [3.8, 4) is 0 Å². The molecule has 58 valence electrons. The second-order valence-corrected chi connectivity index (χ2v) is 2.48. The van der Waals surface area contributed by atoms with E-state index in [1.807, 2.05) is 30.4 Å². The van der Waals surface area contributed by atoms with Crippen molar-refractivity contribution in [1.82, 2.24) is 0 Å². The van der Waals surface area contributed by atoms with Crippen LogP contribution in [0.3, 0.4) is 0 Å². The SMILES string of the molecule is C1=CC=C2OCCOC2C=C1. The van der Waals surface area contributed by atoms with Crippen molar-refractivity contribution in [2.75, 3.05) is 13.2 Å². The Morgan fingerprint density at radius 1 is 1.18 bits per heavy atom. The van der Waals surface area contributed by atoms with E-state index in [1.54, 1.807) is 0 Å². The molecule has 0 aromatic carbocycles. The minimum atomic E-state index is 0.0405. The van der Waals surface area contributed by atoms with Gasteiger partial charge in [-0.1, -0.05) is 18.2 Å². The fourth-order valence-corrected chi connectivity index (χ4v) is 1.17. The Balaban J connectivity index is 2.21. The molecule has 1 heterocycles. The molecule has 11 heavy (non-hydrogen) atoms. The highest BCUT2D eigenvalue weighted by molar-refractivity contribution is 5.25. The fourth-order valence-electron chi connectivity index (χ4n) is 1.17. The van der Waals surface area contributed by atoms with Crippen LogP contribution in [0.25, 0.3) is 0 Å². The summed E-state index contributed by atoms with van der Waals surface area (Å²) in [4.78, 5) is 0. The summed E-state index contributed by atoms with van der Waals surface area (Å²) in [5.41, 5.74) is 0. The van der Waals surface area contributed by atoms with Crippen molar-refractivity contribution in [1.29, 1.82) is 0 Å². The molecule has 1 atom stereocenters. The van der Waals surface area contributed by atoms with Gasteiger partial charge in [0.15, 0.2) is 0 Å². The standard InChI is InChI=1S/C9H10O2/c1-2-4-8-9(5-3-1)11-7-6-10-8/h1-5,8H,6-7H2. The molecule has 0 amide bonds. The van der Waals surface area contributed by atoms with Gasteiger partial charge in [-0.15, -0.1) is 0 Å². The molecule has 1 aliphatic carbocycles. The lowest BCUT2D eigenvalue weighted by Crippen LogP contribution is -2.24. The number of hydrogen-bond acceptors (Lipinski definition) is 2. The monoisotopic (exact) mass is 150 g/mol. The maximum Gasteiger partial charge on any atom is 0.133 e. The van der Waals surface area contributed by atoms with Gasteiger partial charge in [0.25, 0.3) is 0 Å². The van der Waals surface area contributed by atoms with Gasteiger partial charge in [0.1, 0.15) is 18.5 Å². The Morgan fingerprint density at radius 3 is 3.18 bits per heavy atom. The minimum absolute atomic E-state index is 0.0405. The van der Waals surface area contributed by atoms with E-state index in [0.717, 1.165) is 5.76 Å². The molecule has 0 aromatic heterocycles. The number of allylic oxidation sites excluding steroid dienone is 4. The van der Waals surface area contributed by atoms with Gasteiger partial charge in [-0.25, -0.2) is 0 Å². The fraction of sp³-hybridized carbons (Fsp3) is 0.333. The van der Waals surface area contributed by atoms with E-state index in [2.05, 4.69) is 0 Å². The van der Waals surface area contributed by atoms with Crippen LogP contribution >= 0.6 is 0 Å². The average Bonchev–Trinajstić information content (AvgIpc) is 2.28. The van der Waals surface area contributed by atoms with Crippen LogP contribution in [0.5, 0.6) is 0 Å². The number of rotatable bonds is 0. The summed E-state index contributed by atoms with van der Waals surface area (Å²) in [6, 6.07) is 0. The summed E-state index contributed by atoms with van der Waals surface area (Å²) in [7, 11) is 0. The molecule has 2 heteroatoms. The quantitative estimate of drug-likeness (QED) is 0.519. The average molecular weight is 150 g/mol. The Labute approximate surface area is 65.8 Å². The van der Waals surface area contributed by atoms with Crippen LogP contribution < -0.4 is 0 Å². The Kier molecular flexibility index (Phi) is 1.78. The van der Waals surface area contributed by atoms with E-state index in [9.17, 15) is 0 Å². The van der Waals surface area contributed by atoms with E-state index < -0.39 is 0 Å². The number of ether oxygens (including phenoxy) is 2. The molecule has 1 aliphatic heterocycles. The first-order valence-electron chi connectivity index (χ1n) is 3.76. The lowest BCUT2D eigenvalue weighted by Gasteiger charge is -2.23. The minimum Gasteiger partial charge on any atom is -0.492 e. The van der Waals surface area contributed by atoms with Crippen LogP contribution in [-0.4, -0.2) is 19.3 Å². The van der Waals surface area contributed by atoms with E-state index >= 15 is 0 Å². The number of hydrogen-bond donors (Lipinski definition) is 0. The molecule has 2 aliphatic rings. The highest BCUT2D eigenvalue weighted by Gasteiger charge is 2.17. The summed E-state index contributed by atoms with van der Waals surface area (Å²) in [6.07, 6.45) is 9.89. The first kappa shape index (κ1) is 6.68. The molecule has 0 spiro atoms. The van der Waals surface area contributed by atoms with Gasteiger partial charge in [-0.05, 0) is 12.2 Å². The second-order valence-electron chi connectivity index (χ2n) is 2.48. The van der Waals surface area contributed by atoms with Gasteiger partial charge in [0.05, 0.1) is 6.61 Å². The Hall–Kier alpha value is -1.02. The maximum atomic E-state index is 5.44. The van der Waals surface area contributed by atoms with Crippen LogP contribution in [0.15, 0.2) is 36.1 Å². The van der Waals surface area contributed by atoms with Gasteiger partial charge in [0.2, 0.25) is 0 Å². The smallest absolute Gasteiger partial charge is 0.133 e. The molecule has 0 saturated carbocycles. The molecule has 2 rings (SSSR count). The van der Waals surface area contributed by atoms with Gasteiger partial charge >= 0.3 is 0 Å². The lowest BCUT2D eigenvalue weighted by molar-refractivity contribution is -0.0208. The van der Waals surface area contributed by atoms with E-state index in [-0.39, 0.29) is 6.10 Å². The lowest BCUT2D eigenvalue weighted by atomic mass is 10.2. The van der Waals surface area contributed by atoms with E-state index in [1.165, 1.54) is 0 Å². The van der Waals surface area contributed by atoms with Gasteiger partial charge < -0.3 is 9.47 Å². The summed E-state index contributed by atoms with van der Waals surface area (Å²) in [6.45, 7) is 1.36. The normalized spacial score (nSPS) is 28.4. The molecule has 0 radical (unpaired) electrons. The summed E-state index contributed by atoms with van der Waals surface area (Å²) < 4.78 is 10.8. The van der Waals surface area contributed by atoms with Gasteiger partial charge in [-0.3, -0.25) is 0 Å². The predicted octanol–water partition coefficient (Wildman–Crippen LogP) is 1.41. The third-order valence-corrected chi connectivity index (χ3v) is 1.70. The van der Waals surface area contributed by atoms with Crippen molar-refractivity contribution in [2.24, 2.45) is 0 Å². The van der Waals surface area contributed by atoms with Crippen molar-refractivity contribution in [3.63, 3.8) is 0 Å². The van der Waals surface area contributed by atoms with Crippen molar-refractivity contribution >= 4 is 0 Å². The zero-order chi connectivity index (χ0) is 7.52. The summed E-state index contributed by atoms with van der Waals surface area (Å²) in [5, 5.41) is 0. The predicted molar refractivity (Wildman–Crippen MR) is 42.1 cm³/mol. The zero-order valence-corrected chi connectivity index (χ0v) is 6.19. The molecule has 1 saturated heterocycles. The highest BCUT2D eigenvalue weighted by Crippen LogP contribution is 2.17. The largest absolute Gasteiger partial charge is 0.492 e. The molecule has 2 nitrogen and oxygen atoms in total. The molecule has 1 fully saturated rings. The Bertz CT molecular complexity index is 226. The Morgan fingerprint density at radius 2 is 2.18 bits per heavy atom. The van der Waals surface area contributed by atoms with Crippen LogP contribution in [0.1, 0.15) is 0 Å². The highest BCUT2D eigenvalue weighted by atomic mass is 16.6. The third kappa shape index (κ3) is 1.35. The molecular formula is C9H10O2. The third-order valence-electron chi connectivity index (χ3n) is 1.70. The molecule has 0 bridgehead atoms. The van der Waals surface area contributed by atoms with Crippen molar-refractivity contribution in [2.45, 2.75) is 6.10 Å². The molecule has 1 unspecified atom stereocenters. The van der Waals surface area contributed by atoms with Crippen LogP contribution in [0.2, 0.25) is 0 Å². The second kappa shape index (κ2) is 2.93. The van der Waals surface area contributed by atoms with Crippen molar-refractivity contribution < 1.29 is 9.47 Å². The maximum absolute atomic E-state index is 5.44. The molecule has 0 N–H and O–H groups in total. The first-order valence-corrected chi connectivity index (χ1v) is 3.76. The zero-order valence-electron chi connectivity index (χ0n) is 6.19. The van der Waals surface area contributed by atoms with Crippen LogP contribution in [-0.2, 0) is 9.47 Å². The van der Waals surface area contributed by atoms with Crippen LogP contribution in [0.4, 0.5) is 0 Å². The van der Waals surface area contributed by atoms with Gasteiger partial charge in [-0.2, -0.15) is 0 Å². The van der Waals surface area contributed by atoms with Crippen LogP contribution in [0, 0.1) is 0 Å². The molecular weight excluding hydrogens is 140 g/mol. The number of fused-ring (bicyclic) bond motifs is 1. The van der Waals surface area contributed by atoms with E-state index in [0.29, 0.717) is 13.2 Å².